The van der Waals surface area contributed by atoms with E-state index in [0.29, 0.717) is 0 Å². The number of carbonyl (C=O) groups is 1. The first-order valence-corrected chi connectivity index (χ1v) is 5.63. The summed E-state index contributed by atoms with van der Waals surface area (Å²) in [5.74, 6) is 5.04. The Morgan fingerprint density at radius 1 is 1.77 bits per heavy atom. The van der Waals surface area contributed by atoms with Gasteiger partial charge in [0.1, 0.15) is 0 Å². The number of hydrogen-bond donors (Lipinski definition) is 0. The van der Waals surface area contributed by atoms with Gasteiger partial charge in [0.25, 0.3) is 0 Å². The largest absolute Gasteiger partial charge is 0.332 e. The van der Waals surface area contributed by atoms with Crippen molar-refractivity contribution in [2.45, 2.75) is 19.4 Å². The third-order valence-corrected chi connectivity index (χ3v) is 3.61. The standard InChI is InChI=1S/C10H15NOS/c1-4-8(2)11(3)10(12)9-5-6-13-7-9/h1,8-9H,5-7H2,2-3H3. The van der Waals surface area contributed by atoms with E-state index in [1.807, 2.05) is 18.7 Å². The zero-order valence-corrected chi connectivity index (χ0v) is 8.93. The molecule has 1 rings (SSSR count). The van der Waals surface area contributed by atoms with Crippen molar-refractivity contribution in [3.8, 4) is 12.3 Å². The highest BCUT2D eigenvalue weighted by molar-refractivity contribution is 7.99. The highest BCUT2D eigenvalue weighted by Gasteiger charge is 2.27. The van der Waals surface area contributed by atoms with Crippen LogP contribution >= 0.6 is 11.8 Å². The molecule has 1 heterocycles. The molecule has 1 amide bonds. The van der Waals surface area contributed by atoms with E-state index in [2.05, 4.69) is 5.92 Å². The summed E-state index contributed by atoms with van der Waals surface area (Å²) in [7, 11) is 1.79. The highest BCUT2D eigenvalue weighted by atomic mass is 32.2. The van der Waals surface area contributed by atoms with Crippen LogP contribution in [-0.2, 0) is 4.79 Å². The van der Waals surface area contributed by atoms with Crippen LogP contribution in [0, 0.1) is 18.3 Å². The molecule has 0 aromatic heterocycles. The zero-order chi connectivity index (χ0) is 9.84. The molecular weight excluding hydrogens is 182 g/mol. The number of thioether (sulfide) groups is 1. The molecule has 2 unspecified atom stereocenters. The van der Waals surface area contributed by atoms with E-state index in [1.165, 1.54) is 0 Å². The van der Waals surface area contributed by atoms with Crippen LogP contribution in [0.4, 0.5) is 0 Å². The summed E-state index contributed by atoms with van der Waals surface area (Å²) in [5.41, 5.74) is 0. The Balaban J connectivity index is 2.51. The first-order valence-electron chi connectivity index (χ1n) is 4.47. The number of amides is 1. The monoisotopic (exact) mass is 197 g/mol. The average Bonchev–Trinajstić information content (AvgIpc) is 2.67. The molecule has 0 N–H and O–H groups in total. The van der Waals surface area contributed by atoms with Gasteiger partial charge in [0.2, 0.25) is 5.91 Å². The van der Waals surface area contributed by atoms with Crippen LogP contribution < -0.4 is 0 Å². The number of rotatable bonds is 2. The zero-order valence-electron chi connectivity index (χ0n) is 8.12. The molecule has 0 bridgehead atoms. The van der Waals surface area contributed by atoms with Gasteiger partial charge in [0.05, 0.1) is 6.04 Å². The minimum Gasteiger partial charge on any atom is -0.332 e. The van der Waals surface area contributed by atoms with E-state index in [4.69, 9.17) is 6.42 Å². The van der Waals surface area contributed by atoms with Crippen LogP contribution in [0.25, 0.3) is 0 Å². The fraction of sp³-hybridized carbons (Fsp3) is 0.700. The van der Waals surface area contributed by atoms with Crippen LogP contribution in [0.1, 0.15) is 13.3 Å². The molecule has 13 heavy (non-hydrogen) atoms. The van der Waals surface area contributed by atoms with E-state index < -0.39 is 0 Å². The highest BCUT2D eigenvalue weighted by Crippen LogP contribution is 2.25. The first kappa shape index (κ1) is 10.5. The van der Waals surface area contributed by atoms with Crippen LogP contribution in [0.2, 0.25) is 0 Å². The molecule has 0 aromatic rings. The lowest BCUT2D eigenvalue weighted by Crippen LogP contribution is -2.38. The van der Waals surface area contributed by atoms with Crippen molar-refractivity contribution in [2.24, 2.45) is 5.92 Å². The molecule has 1 aliphatic rings. The summed E-state index contributed by atoms with van der Waals surface area (Å²) in [6, 6.07) is -0.0851. The molecule has 0 aliphatic carbocycles. The summed E-state index contributed by atoms with van der Waals surface area (Å²) in [6.45, 7) is 1.87. The van der Waals surface area contributed by atoms with E-state index in [-0.39, 0.29) is 17.9 Å². The molecule has 0 spiro atoms. The molecule has 1 saturated heterocycles. The molecule has 1 fully saturated rings. The Bertz CT molecular complexity index is 228. The topological polar surface area (TPSA) is 20.3 Å². The van der Waals surface area contributed by atoms with Crippen molar-refractivity contribution in [3.05, 3.63) is 0 Å². The van der Waals surface area contributed by atoms with Gasteiger partial charge in [-0.05, 0) is 19.1 Å². The fourth-order valence-electron chi connectivity index (χ4n) is 1.32. The van der Waals surface area contributed by atoms with Crippen molar-refractivity contribution in [3.63, 3.8) is 0 Å². The quantitative estimate of drug-likeness (QED) is 0.620. The molecule has 2 nitrogen and oxygen atoms in total. The summed E-state index contributed by atoms with van der Waals surface area (Å²) in [6.07, 6.45) is 6.27. The van der Waals surface area contributed by atoms with Gasteiger partial charge in [-0.2, -0.15) is 11.8 Å². The molecule has 0 saturated carbocycles. The maximum atomic E-state index is 11.8. The summed E-state index contributed by atoms with van der Waals surface area (Å²) in [4.78, 5) is 13.4. The number of terminal acetylenes is 1. The fourth-order valence-corrected chi connectivity index (χ4v) is 2.53. The van der Waals surface area contributed by atoms with Crippen LogP contribution in [-0.4, -0.2) is 35.4 Å². The molecular formula is C10H15NOS. The van der Waals surface area contributed by atoms with Crippen molar-refractivity contribution < 1.29 is 4.79 Å². The predicted molar refractivity (Wildman–Crippen MR) is 56.5 cm³/mol. The van der Waals surface area contributed by atoms with Gasteiger partial charge in [-0.1, -0.05) is 5.92 Å². The van der Waals surface area contributed by atoms with Gasteiger partial charge in [-0.25, -0.2) is 0 Å². The maximum absolute atomic E-state index is 11.8. The third-order valence-electron chi connectivity index (χ3n) is 2.45. The lowest BCUT2D eigenvalue weighted by molar-refractivity contribution is -0.134. The van der Waals surface area contributed by atoms with E-state index in [0.717, 1.165) is 17.9 Å². The minimum absolute atomic E-state index is 0.0851. The predicted octanol–water partition coefficient (Wildman–Crippen LogP) is 1.22. The third kappa shape index (κ3) is 2.41. The Labute approximate surface area is 84.1 Å². The second-order valence-corrected chi connectivity index (χ2v) is 4.50. The second-order valence-electron chi connectivity index (χ2n) is 3.35. The Hall–Kier alpha value is -0.620. The lowest BCUT2D eigenvalue weighted by Gasteiger charge is -2.23. The number of carbonyl (C=O) groups excluding carboxylic acids is 1. The normalized spacial score (nSPS) is 23.6. The second kappa shape index (κ2) is 4.57. The van der Waals surface area contributed by atoms with E-state index in [9.17, 15) is 4.79 Å². The summed E-state index contributed by atoms with van der Waals surface area (Å²) in [5, 5.41) is 0. The van der Waals surface area contributed by atoms with Crippen molar-refractivity contribution in [1.82, 2.24) is 4.90 Å². The molecule has 3 heteroatoms. The summed E-state index contributed by atoms with van der Waals surface area (Å²) >= 11 is 1.85. The van der Waals surface area contributed by atoms with E-state index in [1.54, 1.807) is 11.9 Å². The minimum atomic E-state index is -0.0851. The lowest BCUT2D eigenvalue weighted by atomic mass is 10.1. The van der Waals surface area contributed by atoms with Gasteiger partial charge in [0, 0.05) is 18.7 Å². The molecule has 0 aromatic carbocycles. The molecule has 1 aliphatic heterocycles. The van der Waals surface area contributed by atoms with Gasteiger partial charge >= 0.3 is 0 Å². The maximum Gasteiger partial charge on any atom is 0.227 e. The van der Waals surface area contributed by atoms with Gasteiger partial charge in [-0.3, -0.25) is 4.79 Å². The van der Waals surface area contributed by atoms with E-state index >= 15 is 0 Å². The molecule has 2 atom stereocenters. The van der Waals surface area contributed by atoms with Gasteiger partial charge in [-0.15, -0.1) is 6.42 Å². The summed E-state index contributed by atoms with van der Waals surface area (Å²) < 4.78 is 0. The Morgan fingerprint density at radius 2 is 2.46 bits per heavy atom. The smallest absolute Gasteiger partial charge is 0.227 e. The van der Waals surface area contributed by atoms with Crippen molar-refractivity contribution >= 4 is 17.7 Å². The first-order chi connectivity index (χ1) is 6.16. The number of nitrogens with zero attached hydrogens (tertiary/aromatic N) is 1. The van der Waals surface area contributed by atoms with Crippen molar-refractivity contribution in [2.75, 3.05) is 18.6 Å². The van der Waals surface area contributed by atoms with Crippen LogP contribution in [0.15, 0.2) is 0 Å². The van der Waals surface area contributed by atoms with Gasteiger partial charge in [0.15, 0.2) is 0 Å². The van der Waals surface area contributed by atoms with Crippen LogP contribution in [0.3, 0.4) is 0 Å². The average molecular weight is 197 g/mol. The molecule has 72 valence electrons. The Kier molecular flexibility index (Phi) is 3.68. The Morgan fingerprint density at radius 3 is 2.92 bits per heavy atom. The number of hydrogen-bond acceptors (Lipinski definition) is 2. The van der Waals surface area contributed by atoms with Crippen molar-refractivity contribution in [1.29, 1.82) is 0 Å². The molecule has 0 radical (unpaired) electrons. The van der Waals surface area contributed by atoms with Gasteiger partial charge < -0.3 is 4.90 Å². The SMILES string of the molecule is C#CC(C)N(C)C(=O)C1CCSC1. The van der Waals surface area contributed by atoms with Crippen LogP contribution in [0.5, 0.6) is 0 Å².